The molecular formula is C16H31N7. The Balaban J connectivity index is 1.68. The molecular weight excluding hydrogens is 290 g/mol. The van der Waals surface area contributed by atoms with E-state index in [1.807, 2.05) is 7.05 Å². The Morgan fingerprint density at radius 3 is 2.78 bits per heavy atom. The van der Waals surface area contributed by atoms with Crippen LogP contribution in [0.15, 0.2) is 11.3 Å². The van der Waals surface area contributed by atoms with Gasteiger partial charge in [-0.3, -0.25) is 4.68 Å². The van der Waals surface area contributed by atoms with Gasteiger partial charge < -0.3 is 15.5 Å². The number of aliphatic imine (C=N–C) groups is 1. The fourth-order valence-corrected chi connectivity index (χ4v) is 2.75. The highest BCUT2D eigenvalue weighted by Crippen LogP contribution is 2.15. The van der Waals surface area contributed by atoms with E-state index in [-0.39, 0.29) is 0 Å². The summed E-state index contributed by atoms with van der Waals surface area (Å²) in [6.07, 6.45) is 5.39. The Kier molecular flexibility index (Phi) is 7.32. The van der Waals surface area contributed by atoms with Crippen LogP contribution in [0.4, 0.5) is 0 Å². The lowest BCUT2D eigenvalue weighted by molar-refractivity contribution is 0.191. The average molecular weight is 321 g/mol. The maximum absolute atomic E-state index is 4.57. The molecule has 0 amide bonds. The first-order chi connectivity index (χ1) is 11.2. The van der Waals surface area contributed by atoms with Crippen LogP contribution in [0.3, 0.4) is 0 Å². The van der Waals surface area contributed by atoms with Crippen molar-refractivity contribution < 1.29 is 0 Å². The number of piperidine rings is 1. The molecule has 1 aliphatic heterocycles. The lowest BCUT2D eigenvalue weighted by Gasteiger charge is -2.30. The van der Waals surface area contributed by atoms with Crippen LogP contribution in [0.5, 0.6) is 0 Å². The van der Waals surface area contributed by atoms with Crippen LogP contribution in [0.2, 0.25) is 0 Å². The van der Waals surface area contributed by atoms with Crippen molar-refractivity contribution >= 4 is 5.96 Å². The van der Waals surface area contributed by atoms with Crippen molar-refractivity contribution in [1.29, 1.82) is 0 Å². The second-order valence-corrected chi connectivity index (χ2v) is 6.30. The van der Waals surface area contributed by atoms with Gasteiger partial charge in [0.25, 0.3) is 0 Å². The van der Waals surface area contributed by atoms with Gasteiger partial charge in [-0.2, -0.15) is 5.10 Å². The molecule has 0 aromatic carbocycles. The van der Waals surface area contributed by atoms with E-state index >= 15 is 0 Å². The fourth-order valence-electron chi connectivity index (χ4n) is 2.75. The first kappa shape index (κ1) is 17.7. The van der Waals surface area contributed by atoms with Crippen molar-refractivity contribution in [1.82, 2.24) is 30.3 Å². The molecule has 1 aromatic rings. The summed E-state index contributed by atoms with van der Waals surface area (Å²) in [6.45, 7) is 10.4. The summed E-state index contributed by atoms with van der Waals surface area (Å²) >= 11 is 0. The van der Waals surface area contributed by atoms with Crippen molar-refractivity contribution in [2.75, 3.05) is 32.7 Å². The first-order valence-corrected chi connectivity index (χ1v) is 8.76. The highest BCUT2D eigenvalue weighted by Gasteiger charge is 2.14. The Bertz CT molecular complexity index is 475. The minimum absolute atomic E-state index is 0.538. The van der Waals surface area contributed by atoms with Crippen molar-refractivity contribution in [2.24, 2.45) is 18.0 Å². The molecule has 1 fully saturated rings. The largest absolute Gasteiger partial charge is 0.357 e. The molecule has 2 heterocycles. The van der Waals surface area contributed by atoms with E-state index in [1.54, 1.807) is 11.0 Å². The zero-order chi connectivity index (χ0) is 16.5. The summed E-state index contributed by atoms with van der Waals surface area (Å²) in [5.74, 6) is 2.62. The molecule has 0 unspecified atom stereocenters. The topological polar surface area (TPSA) is 70.4 Å². The number of aryl methyl sites for hydroxylation is 1. The van der Waals surface area contributed by atoms with Crippen molar-refractivity contribution in [3.8, 4) is 0 Å². The highest BCUT2D eigenvalue weighted by molar-refractivity contribution is 5.79. The molecule has 0 saturated carbocycles. The molecule has 0 bridgehead atoms. The van der Waals surface area contributed by atoms with Gasteiger partial charge in [-0.15, -0.1) is 0 Å². The summed E-state index contributed by atoms with van der Waals surface area (Å²) in [7, 11) is 1.89. The zero-order valence-corrected chi connectivity index (χ0v) is 14.8. The molecule has 2 rings (SSSR count). The molecule has 1 aromatic heterocycles. The molecule has 130 valence electrons. The molecule has 2 N–H and O–H groups in total. The van der Waals surface area contributed by atoms with Gasteiger partial charge >= 0.3 is 0 Å². The number of nitrogens with one attached hydrogen (secondary N) is 2. The van der Waals surface area contributed by atoms with Gasteiger partial charge in [0.05, 0.1) is 0 Å². The number of rotatable bonds is 7. The second kappa shape index (κ2) is 9.50. The van der Waals surface area contributed by atoms with E-state index in [2.05, 4.69) is 44.5 Å². The summed E-state index contributed by atoms with van der Waals surface area (Å²) in [4.78, 5) is 11.3. The van der Waals surface area contributed by atoms with Crippen LogP contribution in [-0.2, 0) is 13.6 Å². The van der Waals surface area contributed by atoms with E-state index in [1.165, 1.54) is 32.5 Å². The number of aromatic nitrogens is 3. The Morgan fingerprint density at radius 2 is 2.13 bits per heavy atom. The van der Waals surface area contributed by atoms with E-state index in [9.17, 15) is 0 Å². The van der Waals surface area contributed by atoms with Crippen molar-refractivity contribution in [3.63, 3.8) is 0 Å². The van der Waals surface area contributed by atoms with E-state index < -0.39 is 0 Å². The summed E-state index contributed by atoms with van der Waals surface area (Å²) in [6, 6.07) is 0. The van der Waals surface area contributed by atoms with E-state index in [0.29, 0.717) is 6.54 Å². The van der Waals surface area contributed by atoms with Gasteiger partial charge in [0.15, 0.2) is 5.96 Å². The fraction of sp³-hybridized carbons (Fsp3) is 0.812. The number of guanidine groups is 1. The summed E-state index contributed by atoms with van der Waals surface area (Å²) in [5, 5.41) is 10.7. The number of likely N-dealkylation sites (tertiary alicyclic amines) is 1. The summed E-state index contributed by atoms with van der Waals surface area (Å²) in [5.41, 5.74) is 0. The normalized spacial score (nSPS) is 17.4. The molecule has 1 saturated heterocycles. The van der Waals surface area contributed by atoms with Gasteiger partial charge in [-0.1, -0.05) is 6.92 Å². The van der Waals surface area contributed by atoms with Gasteiger partial charge in [0.2, 0.25) is 0 Å². The van der Waals surface area contributed by atoms with Gasteiger partial charge in [-0.05, 0) is 51.7 Å². The molecule has 0 spiro atoms. The standard InChI is InChI=1S/C16H31N7/c1-4-17-16(19-12-15-20-13-21-22(15)3)18-8-5-9-23-10-6-14(2)7-11-23/h13-14H,4-12H2,1-3H3,(H2,17,18,19). The lowest BCUT2D eigenvalue weighted by atomic mass is 9.99. The second-order valence-electron chi connectivity index (χ2n) is 6.30. The van der Waals surface area contributed by atoms with Crippen molar-refractivity contribution in [3.05, 3.63) is 12.2 Å². The molecule has 0 atom stereocenters. The predicted molar refractivity (Wildman–Crippen MR) is 93.3 cm³/mol. The van der Waals surface area contributed by atoms with Crippen LogP contribution < -0.4 is 10.6 Å². The summed E-state index contributed by atoms with van der Waals surface area (Å²) < 4.78 is 1.75. The van der Waals surface area contributed by atoms with Crippen LogP contribution in [0, 0.1) is 5.92 Å². The minimum Gasteiger partial charge on any atom is -0.357 e. The van der Waals surface area contributed by atoms with Crippen molar-refractivity contribution in [2.45, 2.75) is 39.7 Å². The van der Waals surface area contributed by atoms with Crippen LogP contribution in [0.1, 0.15) is 38.9 Å². The quantitative estimate of drug-likeness (QED) is 0.445. The van der Waals surface area contributed by atoms with Gasteiger partial charge in [0, 0.05) is 20.1 Å². The predicted octanol–water partition coefficient (Wildman–Crippen LogP) is 0.992. The van der Waals surface area contributed by atoms with Crippen LogP contribution >= 0.6 is 0 Å². The molecule has 7 nitrogen and oxygen atoms in total. The van der Waals surface area contributed by atoms with Gasteiger partial charge in [0.1, 0.15) is 18.7 Å². The SMILES string of the molecule is CCNC(=NCc1ncnn1C)NCCCN1CCC(C)CC1. The Labute approximate surface area is 139 Å². The molecule has 0 radical (unpaired) electrons. The van der Waals surface area contributed by atoms with Crippen LogP contribution in [0.25, 0.3) is 0 Å². The minimum atomic E-state index is 0.538. The third-order valence-corrected chi connectivity index (χ3v) is 4.35. The Morgan fingerprint density at radius 1 is 1.35 bits per heavy atom. The maximum atomic E-state index is 4.57. The Hall–Kier alpha value is -1.63. The first-order valence-electron chi connectivity index (χ1n) is 8.76. The average Bonchev–Trinajstić information content (AvgIpc) is 2.96. The smallest absolute Gasteiger partial charge is 0.191 e. The third-order valence-electron chi connectivity index (χ3n) is 4.35. The molecule has 0 aliphatic carbocycles. The van der Waals surface area contributed by atoms with Crippen LogP contribution in [-0.4, -0.2) is 58.3 Å². The van der Waals surface area contributed by atoms with E-state index in [0.717, 1.165) is 37.2 Å². The molecule has 7 heteroatoms. The number of hydrogen-bond acceptors (Lipinski definition) is 4. The number of hydrogen-bond donors (Lipinski definition) is 2. The van der Waals surface area contributed by atoms with Gasteiger partial charge in [-0.25, -0.2) is 9.98 Å². The maximum Gasteiger partial charge on any atom is 0.191 e. The van der Waals surface area contributed by atoms with E-state index in [4.69, 9.17) is 0 Å². The third kappa shape index (κ3) is 6.17. The molecule has 23 heavy (non-hydrogen) atoms. The highest BCUT2D eigenvalue weighted by atomic mass is 15.3. The monoisotopic (exact) mass is 321 g/mol. The lowest BCUT2D eigenvalue weighted by Crippen LogP contribution is -2.39. The zero-order valence-electron chi connectivity index (χ0n) is 14.8. The molecule has 1 aliphatic rings. The number of nitrogens with zero attached hydrogens (tertiary/aromatic N) is 5.